The summed E-state index contributed by atoms with van der Waals surface area (Å²) in [7, 11) is 3.31. The van der Waals surface area contributed by atoms with E-state index in [2.05, 4.69) is 5.32 Å². The first-order chi connectivity index (χ1) is 11.6. The minimum absolute atomic E-state index is 0. The summed E-state index contributed by atoms with van der Waals surface area (Å²) in [6.07, 6.45) is 0. The molecule has 0 heterocycles. The van der Waals surface area contributed by atoms with Crippen molar-refractivity contribution in [3.05, 3.63) is 57.6 Å². The van der Waals surface area contributed by atoms with Gasteiger partial charge in [0, 0.05) is 20.2 Å². The fourth-order valence-corrected chi connectivity index (χ4v) is 2.46. The normalized spacial score (nSPS) is 10.2. The molecule has 0 saturated heterocycles. The Morgan fingerprint density at radius 3 is 2.36 bits per heavy atom. The third kappa shape index (κ3) is 6.92. The van der Waals surface area contributed by atoms with Gasteiger partial charge in [0.1, 0.15) is 6.61 Å². The maximum Gasteiger partial charge on any atom is 0.161 e. The molecule has 7 heteroatoms. The molecule has 1 N–H and O–H groups in total. The lowest BCUT2D eigenvalue weighted by molar-refractivity contribution is 0.199. The first-order valence-electron chi connectivity index (χ1n) is 7.57. The minimum atomic E-state index is 0. The molecule has 2 rings (SSSR count). The highest BCUT2D eigenvalue weighted by Crippen LogP contribution is 2.29. The van der Waals surface area contributed by atoms with E-state index in [9.17, 15) is 0 Å². The highest BCUT2D eigenvalue weighted by molar-refractivity contribution is 6.42. The molecule has 0 fully saturated rings. The van der Waals surface area contributed by atoms with E-state index in [1.807, 2.05) is 24.3 Å². The van der Waals surface area contributed by atoms with Gasteiger partial charge in [-0.05, 0) is 35.4 Å². The largest absolute Gasteiger partial charge is 0.493 e. The second-order valence-electron chi connectivity index (χ2n) is 5.19. The molecule has 0 amide bonds. The summed E-state index contributed by atoms with van der Waals surface area (Å²) in [6.45, 7) is 2.61. The smallest absolute Gasteiger partial charge is 0.161 e. The van der Waals surface area contributed by atoms with Crippen molar-refractivity contribution >= 4 is 35.6 Å². The molecule has 4 nitrogen and oxygen atoms in total. The monoisotopic (exact) mass is 405 g/mol. The number of rotatable bonds is 9. The van der Waals surface area contributed by atoms with Gasteiger partial charge in [-0.25, -0.2) is 0 Å². The Kier molecular flexibility index (Phi) is 10.0. The maximum atomic E-state index is 6.02. The first-order valence-corrected chi connectivity index (χ1v) is 8.33. The van der Waals surface area contributed by atoms with Crippen LogP contribution >= 0.6 is 35.6 Å². The summed E-state index contributed by atoms with van der Waals surface area (Å²) in [5.74, 6) is 1.38. The summed E-state index contributed by atoms with van der Waals surface area (Å²) in [4.78, 5) is 0. The van der Waals surface area contributed by atoms with Gasteiger partial charge < -0.3 is 19.5 Å². The van der Waals surface area contributed by atoms with Crippen molar-refractivity contribution in [1.82, 2.24) is 5.32 Å². The topological polar surface area (TPSA) is 39.7 Å². The maximum absolute atomic E-state index is 6.02. The average molecular weight is 407 g/mol. The van der Waals surface area contributed by atoms with E-state index >= 15 is 0 Å². The highest BCUT2D eigenvalue weighted by Gasteiger charge is 2.07. The molecule has 25 heavy (non-hydrogen) atoms. The zero-order valence-electron chi connectivity index (χ0n) is 14.2. The van der Waals surface area contributed by atoms with Gasteiger partial charge in [-0.2, -0.15) is 0 Å². The molecule has 0 saturated carbocycles. The van der Waals surface area contributed by atoms with E-state index in [0.29, 0.717) is 34.8 Å². The van der Waals surface area contributed by atoms with Crippen LogP contribution in [0.1, 0.15) is 11.1 Å². The van der Waals surface area contributed by atoms with Crippen molar-refractivity contribution in [2.75, 3.05) is 27.4 Å². The molecule has 0 atom stereocenters. The summed E-state index contributed by atoms with van der Waals surface area (Å²) < 4.78 is 16.3. The SMILES string of the molecule is COCCNCc1ccc(OCc2ccc(Cl)c(Cl)c2)c(OC)c1.Cl. The zero-order valence-corrected chi connectivity index (χ0v) is 16.5. The molecule has 0 bridgehead atoms. The van der Waals surface area contributed by atoms with Crippen LogP contribution < -0.4 is 14.8 Å². The Morgan fingerprint density at radius 1 is 0.920 bits per heavy atom. The Hall–Kier alpha value is -1.17. The van der Waals surface area contributed by atoms with E-state index in [0.717, 1.165) is 24.2 Å². The number of benzene rings is 2. The van der Waals surface area contributed by atoms with Crippen LogP contribution in [0.4, 0.5) is 0 Å². The fraction of sp³-hybridized carbons (Fsp3) is 0.333. The van der Waals surface area contributed by atoms with Crippen molar-refractivity contribution in [1.29, 1.82) is 0 Å². The van der Waals surface area contributed by atoms with E-state index in [4.69, 9.17) is 37.4 Å². The quantitative estimate of drug-likeness (QED) is 0.611. The summed E-state index contributed by atoms with van der Waals surface area (Å²) in [6, 6.07) is 11.3. The van der Waals surface area contributed by atoms with Gasteiger partial charge in [0.25, 0.3) is 0 Å². The molecule has 0 radical (unpaired) electrons. The Labute approximate surface area is 164 Å². The van der Waals surface area contributed by atoms with Crippen molar-refractivity contribution in [3.63, 3.8) is 0 Å². The zero-order chi connectivity index (χ0) is 17.4. The molecular formula is C18H22Cl3NO3. The van der Waals surface area contributed by atoms with Gasteiger partial charge in [0.2, 0.25) is 0 Å². The Balaban J connectivity index is 0.00000312. The van der Waals surface area contributed by atoms with E-state index in [-0.39, 0.29) is 12.4 Å². The van der Waals surface area contributed by atoms with Crippen LogP contribution in [-0.2, 0) is 17.9 Å². The highest BCUT2D eigenvalue weighted by atomic mass is 35.5. The second kappa shape index (κ2) is 11.4. The number of nitrogens with one attached hydrogen (secondary N) is 1. The van der Waals surface area contributed by atoms with Crippen LogP contribution in [0.3, 0.4) is 0 Å². The van der Waals surface area contributed by atoms with Crippen molar-refractivity contribution < 1.29 is 14.2 Å². The molecule has 0 aliphatic carbocycles. The van der Waals surface area contributed by atoms with E-state index in [1.165, 1.54) is 0 Å². The van der Waals surface area contributed by atoms with Gasteiger partial charge in [0.15, 0.2) is 11.5 Å². The minimum Gasteiger partial charge on any atom is -0.493 e. The number of ether oxygens (including phenoxy) is 3. The lowest BCUT2D eigenvalue weighted by Gasteiger charge is -2.13. The third-order valence-electron chi connectivity index (χ3n) is 3.42. The first kappa shape index (κ1) is 21.9. The molecule has 0 aliphatic heterocycles. The van der Waals surface area contributed by atoms with Crippen LogP contribution in [0.25, 0.3) is 0 Å². The molecule has 0 aromatic heterocycles. The van der Waals surface area contributed by atoms with Crippen LogP contribution in [0.2, 0.25) is 10.0 Å². The number of halogens is 3. The summed E-state index contributed by atoms with van der Waals surface area (Å²) in [5, 5.41) is 4.34. The fourth-order valence-electron chi connectivity index (χ4n) is 2.14. The molecule has 0 spiro atoms. The summed E-state index contributed by atoms with van der Waals surface area (Å²) in [5.41, 5.74) is 2.06. The number of methoxy groups -OCH3 is 2. The van der Waals surface area contributed by atoms with Gasteiger partial charge in [0.05, 0.1) is 23.8 Å². The van der Waals surface area contributed by atoms with Gasteiger partial charge in [-0.1, -0.05) is 35.3 Å². The summed E-state index contributed by atoms with van der Waals surface area (Å²) >= 11 is 11.9. The number of hydrogen-bond donors (Lipinski definition) is 1. The predicted octanol–water partition coefficient (Wildman–Crippen LogP) is 4.74. The van der Waals surface area contributed by atoms with Crippen LogP contribution in [0.5, 0.6) is 11.5 Å². The standard InChI is InChI=1S/C18H21Cl2NO3.ClH/c1-22-8-7-21-11-13-4-6-17(18(10-13)23-2)24-12-14-3-5-15(19)16(20)9-14;/h3-6,9-10,21H,7-8,11-12H2,1-2H3;1H. The molecule has 2 aromatic carbocycles. The Bertz CT molecular complexity index is 668. The third-order valence-corrected chi connectivity index (χ3v) is 4.16. The van der Waals surface area contributed by atoms with Crippen LogP contribution in [0, 0.1) is 0 Å². The second-order valence-corrected chi connectivity index (χ2v) is 6.01. The molecule has 0 unspecified atom stereocenters. The lowest BCUT2D eigenvalue weighted by atomic mass is 10.2. The average Bonchev–Trinajstić information content (AvgIpc) is 2.60. The molecule has 0 aliphatic rings. The van der Waals surface area contributed by atoms with Crippen molar-refractivity contribution in [2.24, 2.45) is 0 Å². The molecular weight excluding hydrogens is 385 g/mol. The Morgan fingerprint density at radius 2 is 1.68 bits per heavy atom. The van der Waals surface area contributed by atoms with E-state index < -0.39 is 0 Å². The molecule has 138 valence electrons. The lowest BCUT2D eigenvalue weighted by Crippen LogP contribution is -2.18. The van der Waals surface area contributed by atoms with E-state index in [1.54, 1.807) is 26.4 Å². The van der Waals surface area contributed by atoms with Gasteiger partial charge in [-0.3, -0.25) is 0 Å². The van der Waals surface area contributed by atoms with Crippen LogP contribution in [-0.4, -0.2) is 27.4 Å². The number of hydrogen-bond acceptors (Lipinski definition) is 4. The van der Waals surface area contributed by atoms with Gasteiger partial charge in [-0.15, -0.1) is 12.4 Å². The molecule has 2 aromatic rings. The van der Waals surface area contributed by atoms with Gasteiger partial charge >= 0.3 is 0 Å². The predicted molar refractivity (Wildman–Crippen MR) is 105 cm³/mol. The van der Waals surface area contributed by atoms with Crippen molar-refractivity contribution in [3.8, 4) is 11.5 Å². The van der Waals surface area contributed by atoms with Crippen molar-refractivity contribution in [2.45, 2.75) is 13.2 Å². The van der Waals surface area contributed by atoms with Crippen LogP contribution in [0.15, 0.2) is 36.4 Å².